The predicted octanol–water partition coefficient (Wildman–Crippen LogP) is 5.23. The summed E-state index contributed by atoms with van der Waals surface area (Å²) >= 11 is 12.3. The summed E-state index contributed by atoms with van der Waals surface area (Å²) in [4.78, 5) is 0. The van der Waals surface area contributed by atoms with Gasteiger partial charge in [-0.3, -0.25) is 0 Å². The van der Waals surface area contributed by atoms with Gasteiger partial charge in [0.15, 0.2) is 0 Å². The smallest absolute Gasteiger partial charge is 0.142 e. The van der Waals surface area contributed by atoms with Crippen LogP contribution in [0.15, 0.2) is 24.8 Å². The molecular weight excluding hydrogens is 293 g/mol. The average molecular weight is 316 g/mol. The van der Waals surface area contributed by atoms with Crippen molar-refractivity contribution in [3.8, 4) is 5.75 Å². The molecule has 20 heavy (non-hydrogen) atoms. The van der Waals surface area contributed by atoms with Crippen LogP contribution in [0.25, 0.3) is 0 Å². The van der Waals surface area contributed by atoms with Crippen LogP contribution in [0.3, 0.4) is 0 Å². The summed E-state index contributed by atoms with van der Waals surface area (Å²) in [6.45, 7) is 8.06. The van der Waals surface area contributed by atoms with Crippen molar-refractivity contribution >= 4 is 23.2 Å². The van der Waals surface area contributed by atoms with E-state index in [0.717, 1.165) is 43.5 Å². The first-order valence-electron chi connectivity index (χ1n) is 7.11. The van der Waals surface area contributed by atoms with Gasteiger partial charge in [-0.05, 0) is 44.4 Å². The van der Waals surface area contributed by atoms with E-state index in [4.69, 9.17) is 27.9 Å². The van der Waals surface area contributed by atoms with Crippen LogP contribution in [0.2, 0.25) is 10.0 Å². The molecule has 2 nitrogen and oxygen atoms in total. The Labute approximate surface area is 132 Å². The Bertz CT molecular complexity index is 421. The fourth-order valence-corrected chi connectivity index (χ4v) is 2.50. The molecule has 1 rings (SSSR count). The van der Waals surface area contributed by atoms with Gasteiger partial charge in [0.25, 0.3) is 0 Å². The van der Waals surface area contributed by atoms with E-state index in [1.807, 2.05) is 12.1 Å². The van der Waals surface area contributed by atoms with Crippen LogP contribution in [0.5, 0.6) is 5.75 Å². The Hall–Kier alpha value is -0.700. The van der Waals surface area contributed by atoms with Gasteiger partial charge in [0, 0.05) is 17.1 Å². The quantitative estimate of drug-likeness (QED) is 0.471. The highest BCUT2D eigenvalue weighted by Gasteiger charge is 2.10. The molecule has 4 heteroatoms. The zero-order chi connectivity index (χ0) is 14.8. The maximum absolute atomic E-state index is 6.23. The van der Waals surface area contributed by atoms with E-state index in [1.54, 1.807) is 6.07 Å². The van der Waals surface area contributed by atoms with E-state index >= 15 is 0 Å². The lowest BCUT2D eigenvalue weighted by Gasteiger charge is -2.14. The second kappa shape index (κ2) is 10.1. The lowest BCUT2D eigenvalue weighted by Crippen LogP contribution is -2.13. The first kappa shape index (κ1) is 17.4. The molecule has 0 unspecified atom stereocenters. The molecule has 0 heterocycles. The summed E-state index contributed by atoms with van der Waals surface area (Å²) in [5.74, 6) is 0.751. The normalized spacial score (nSPS) is 10.6. The maximum Gasteiger partial charge on any atom is 0.142 e. The van der Waals surface area contributed by atoms with E-state index in [2.05, 4.69) is 18.8 Å². The summed E-state index contributed by atoms with van der Waals surface area (Å²) in [5, 5.41) is 4.49. The number of allylic oxidation sites excluding steroid dienone is 1. The van der Waals surface area contributed by atoms with Gasteiger partial charge in [0.2, 0.25) is 0 Å². The monoisotopic (exact) mass is 315 g/mol. The fourth-order valence-electron chi connectivity index (χ4n) is 1.91. The van der Waals surface area contributed by atoms with Crippen LogP contribution in [0.1, 0.15) is 38.2 Å². The lowest BCUT2D eigenvalue weighted by molar-refractivity contribution is 0.302. The number of hydrogen-bond donors (Lipinski definition) is 1. The van der Waals surface area contributed by atoms with Gasteiger partial charge >= 0.3 is 0 Å². The van der Waals surface area contributed by atoms with Gasteiger partial charge in [-0.15, -0.1) is 6.58 Å². The Morgan fingerprint density at radius 2 is 2.05 bits per heavy atom. The van der Waals surface area contributed by atoms with Crippen LogP contribution in [0.4, 0.5) is 0 Å². The SMILES string of the molecule is C=CCCCCCOc1c(Cl)cc(Cl)cc1CNCC. The predicted molar refractivity (Wildman–Crippen MR) is 88.0 cm³/mol. The molecule has 1 N–H and O–H groups in total. The second-order valence-electron chi connectivity index (χ2n) is 4.64. The van der Waals surface area contributed by atoms with Crippen molar-refractivity contribution in [3.05, 3.63) is 40.4 Å². The van der Waals surface area contributed by atoms with Gasteiger partial charge in [-0.25, -0.2) is 0 Å². The van der Waals surface area contributed by atoms with Crippen molar-refractivity contribution in [3.63, 3.8) is 0 Å². The third-order valence-corrected chi connectivity index (χ3v) is 3.45. The molecule has 1 aromatic rings. The number of halogens is 2. The largest absolute Gasteiger partial charge is 0.492 e. The molecule has 1 aromatic carbocycles. The molecule has 0 spiro atoms. The van der Waals surface area contributed by atoms with Crippen LogP contribution >= 0.6 is 23.2 Å². The summed E-state index contributed by atoms with van der Waals surface area (Å²) in [5.41, 5.74) is 1.01. The summed E-state index contributed by atoms with van der Waals surface area (Å²) in [6, 6.07) is 3.63. The third kappa shape index (κ3) is 6.17. The molecule has 0 bridgehead atoms. The van der Waals surface area contributed by atoms with E-state index in [9.17, 15) is 0 Å². The van der Waals surface area contributed by atoms with Crippen molar-refractivity contribution in [1.82, 2.24) is 5.32 Å². The number of unbranched alkanes of at least 4 members (excludes halogenated alkanes) is 3. The molecule has 0 radical (unpaired) electrons. The zero-order valence-electron chi connectivity index (χ0n) is 12.1. The van der Waals surface area contributed by atoms with Crippen LogP contribution in [-0.2, 0) is 6.54 Å². The summed E-state index contributed by atoms with van der Waals surface area (Å²) in [6.07, 6.45) is 6.33. The molecule has 0 fully saturated rings. The van der Waals surface area contributed by atoms with Crippen LogP contribution < -0.4 is 10.1 Å². The van der Waals surface area contributed by atoms with E-state index < -0.39 is 0 Å². The highest BCUT2D eigenvalue weighted by atomic mass is 35.5. The molecule has 0 aliphatic rings. The van der Waals surface area contributed by atoms with Crippen molar-refractivity contribution in [1.29, 1.82) is 0 Å². The maximum atomic E-state index is 6.23. The minimum atomic E-state index is 0.580. The number of ether oxygens (including phenoxy) is 1. The lowest BCUT2D eigenvalue weighted by atomic mass is 10.2. The molecule has 0 saturated heterocycles. The highest BCUT2D eigenvalue weighted by molar-refractivity contribution is 6.35. The van der Waals surface area contributed by atoms with E-state index in [-0.39, 0.29) is 0 Å². The molecule has 0 saturated carbocycles. The highest BCUT2D eigenvalue weighted by Crippen LogP contribution is 2.32. The average Bonchev–Trinajstić information content (AvgIpc) is 2.42. The Balaban J connectivity index is 2.55. The molecule has 0 atom stereocenters. The second-order valence-corrected chi connectivity index (χ2v) is 5.49. The summed E-state index contributed by atoms with van der Waals surface area (Å²) in [7, 11) is 0. The van der Waals surface area contributed by atoms with Gasteiger partial charge in [0.05, 0.1) is 11.6 Å². The third-order valence-electron chi connectivity index (χ3n) is 2.95. The van der Waals surface area contributed by atoms with Crippen molar-refractivity contribution in [2.45, 2.75) is 39.2 Å². The molecule has 0 aromatic heterocycles. The topological polar surface area (TPSA) is 21.3 Å². The number of hydrogen-bond acceptors (Lipinski definition) is 2. The van der Waals surface area contributed by atoms with Gasteiger partial charge < -0.3 is 10.1 Å². The van der Waals surface area contributed by atoms with Crippen molar-refractivity contribution in [2.75, 3.05) is 13.2 Å². The standard InChI is InChI=1S/C16H23Cl2NO/c1-3-5-6-7-8-9-20-16-13(12-19-4-2)10-14(17)11-15(16)18/h3,10-11,19H,1,4-9,12H2,2H3. The molecule has 112 valence electrons. The molecule has 0 amide bonds. The zero-order valence-corrected chi connectivity index (χ0v) is 13.6. The minimum absolute atomic E-state index is 0.580. The van der Waals surface area contributed by atoms with Gasteiger partial charge in [-0.2, -0.15) is 0 Å². The molecule has 0 aliphatic carbocycles. The molecule has 0 aliphatic heterocycles. The fraction of sp³-hybridized carbons (Fsp3) is 0.500. The number of rotatable bonds is 10. The minimum Gasteiger partial charge on any atom is -0.492 e. The number of benzene rings is 1. The van der Waals surface area contributed by atoms with Crippen molar-refractivity contribution < 1.29 is 4.74 Å². The van der Waals surface area contributed by atoms with Gasteiger partial charge in [-0.1, -0.05) is 36.2 Å². The van der Waals surface area contributed by atoms with Crippen LogP contribution in [-0.4, -0.2) is 13.2 Å². The van der Waals surface area contributed by atoms with Gasteiger partial charge in [0.1, 0.15) is 5.75 Å². The first-order valence-corrected chi connectivity index (χ1v) is 7.87. The number of nitrogens with one attached hydrogen (secondary N) is 1. The van der Waals surface area contributed by atoms with Crippen LogP contribution in [0, 0.1) is 0 Å². The Kier molecular flexibility index (Phi) is 8.75. The Morgan fingerprint density at radius 3 is 2.75 bits per heavy atom. The Morgan fingerprint density at radius 1 is 1.25 bits per heavy atom. The summed E-state index contributed by atoms with van der Waals surface area (Å²) < 4.78 is 5.84. The molecular formula is C16H23Cl2NO. The first-order chi connectivity index (χ1) is 9.69. The van der Waals surface area contributed by atoms with E-state index in [1.165, 1.54) is 0 Å². The van der Waals surface area contributed by atoms with Crippen molar-refractivity contribution in [2.24, 2.45) is 0 Å². The van der Waals surface area contributed by atoms with E-state index in [0.29, 0.717) is 23.2 Å².